The largest absolute Gasteiger partial charge is 0.450 e. The van der Waals surface area contributed by atoms with Gasteiger partial charge in [0.1, 0.15) is 0 Å². The van der Waals surface area contributed by atoms with Gasteiger partial charge in [0.15, 0.2) is 0 Å². The third-order valence-corrected chi connectivity index (χ3v) is 5.49. The first-order chi connectivity index (χ1) is 11.2. The molecule has 0 aromatic carbocycles. The van der Waals surface area contributed by atoms with Crippen LogP contribution in [-0.4, -0.2) is 67.0 Å². The minimum Gasteiger partial charge on any atom is -0.450 e. The summed E-state index contributed by atoms with van der Waals surface area (Å²) in [7, 11) is 0. The van der Waals surface area contributed by atoms with E-state index in [9.17, 15) is 4.79 Å². The van der Waals surface area contributed by atoms with E-state index < -0.39 is 0 Å². The van der Waals surface area contributed by atoms with Crippen LogP contribution in [0.1, 0.15) is 32.6 Å². The Labute approximate surface area is 138 Å². The number of carbonyl (C=O) groups is 1. The number of hydrogen-bond donors (Lipinski definition) is 2. The third kappa shape index (κ3) is 3.52. The van der Waals surface area contributed by atoms with Crippen molar-refractivity contribution in [2.75, 3.05) is 32.8 Å². The summed E-state index contributed by atoms with van der Waals surface area (Å²) in [5.74, 6) is 0. The van der Waals surface area contributed by atoms with Crippen LogP contribution in [0.5, 0.6) is 0 Å². The summed E-state index contributed by atoms with van der Waals surface area (Å²) in [6, 6.07) is 1.25. The van der Waals surface area contributed by atoms with Gasteiger partial charge in [0.2, 0.25) is 0 Å². The number of likely N-dealkylation sites (tertiary alicyclic amines) is 2. The molecular weight excluding hydrogens is 292 g/mol. The van der Waals surface area contributed by atoms with Crippen molar-refractivity contribution < 1.29 is 9.53 Å². The van der Waals surface area contributed by atoms with Crippen LogP contribution in [0.25, 0.3) is 0 Å². The Kier molecular flexibility index (Phi) is 4.90. The fraction of sp³-hybridized carbons (Fsp3) is 0.765. The fourth-order valence-corrected chi connectivity index (χ4v) is 4.23. The Morgan fingerprint density at radius 2 is 2.04 bits per heavy atom. The van der Waals surface area contributed by atoms with Crippen molar-refractivity contribution in [1.82, 2.24) is 15.1 Å². The van der Waals surface area contributed by atoms with E-state index in [4.69, 9.17) is 10.1 Å². The van der Waals surface area contributed by atoms with E-state index in [0.29, 0.717) is 24.1 Å². The maximum atomic E-state index is 11.6. The van der Waals surface area contributed by atoms with Gasteiger partial charge in [-0.05, 0) is 44.9 Å². The molecule has 3 fully saturated rings. The predicted molar refractivity (Wildman–Crippen MR) is 89.7 cm³/mol. The highest BCUT2D eigenvalue weighted by Crippen LogP contribution is 2.50. The van der Waals surface area contributed by atoms with E-state index in [-0.39, 0.29) is 6.09 Å². The minimum atomic E-state index is -0.147. The molecule has 0 atom stereocenters. The van der Waals surface area contributed by atoms with Crippen LogP contribution in [0.2, 0.25) is 0 Å². The van der Waals surface area contributed by atoms with Crippen LogP contribution in [0.3, 0.4) is 0 Å². The van der Waals surface area contributed by atoms with E-state index >= 15 is 0 Å². The fourth-order valence-electron chi connectivity index (χ4n) is 4.23. The molecule has 1 aliphatic carbocycles. The molecule has 0 radical (unpaired) electrons. The molecule has 128 valence electrons. The molecule has 0 unspecified atom stereocenters. The molecule has 6 nitrogen and oxygen atoms in total. The molecule has 2 saturated heterocycles. The molecule has 1 spiro atoms. The van der Waals surface area contributed by atoms with E-state index in [1.807, 2.05) is 18.0 Å². The van der Waals surface area contributed by atoms with Crippen molar-refractivity contribution in [1.29, 1.82) is 5.41 Å². The van der Waals surface area contributed by atoms with Crippen LogP contribution >= 0.6 is 0 Å². The molecular formula is C17H28N4O2. The van der Waals surface area contributed by atoms with Gasteiger partial charge < -0.3 is 25.3 Å². The second kappa shape index (κ2) is 6.91. The molecule has 3 rings (SSSR count). The number of piperidine rings is 1. The zero-order valence-corrected chi connectivity index (χ0v) is 14.0. The predicted octanol–water partition coefficient (Wildman–Crippen LogP) is 1.82. The van der Waals surface area contributed by atoms with Gasteiger partial charge in [-0.15, -0.1) is 0 Å². The molecule has 0 aromatic rings. The van der Waals surface area contributed by atoms with Crippen molar-refractivity contribution >= 4 is 12.3 Å². The number of allylic oxidation sites excluding steroid dienone is 1. The van der Waals surface area contributed by atoms with Gasteiger partial charge in [-0.3, -0.25) is 0 Å². The van der Waals surface area contributed by atoms with E-state index in [0.717, 1.165) is 26.2 Å². The third-order valence-electron chi connectivity index (χ3n) is 5.49. The molecule has 1 amide bonds. The van der Waals surface area contributed by atoms with Gasteiger partial charge in [0.25, 0.3) is 0 Å². The zero-order valence-electron chi connectivity index (χ0n) is 14.0. The van der Waals surface area contributed by atoms with Crippen molar-refractivity contribution in [3.05, 3.63) is 12.3 Å². The molecule has 6 heteroatoms. The van der Waals surface area contributed by atoms with Crippen LogP contribution in [0.4, 0.5) is 4.79 Å². The highest BCUT2D eigenvalue weighted by atomic mass is 16.6. The second-order valence-corrected chi connectivity index (χ2v) is 7.12. The maximum absolute atomic E-state index is 11.6. The number of ether oxygens (including phenoxy) is 1. The van der Waals surface area contributed by atoms with Gasteiger partial charge in [-0.2, -0.15) is 0 Å². The number of nitrogens with zero attached hydrogens (tertiary/aromatic N) is 2. The van der Waals surface area contributed by atoms with Crippen molar-refractivity contribution in [3.63, 3.8) is 0 Å². The summed E-state index contributed by atoms with van der Waals surface area (Å²) in [6.07, 6.45) is 9.56. The highest BCUT2D eigenvalue weighted by molar-refractivity contribution is 5.69. The van der Waals surface area contributed by atoms with Gasteiger partial charge in [-0.1, -0.05) is 0 Å². The van der Waals surface area contributed by atoms with Crippen LogP contribution < -0.4 is 5.32 Å². The lowest BCUT2D eigenvalue weighted by atomic mass is 9.60. The Balaban J connectivity index is 1.35. The van der Waals surface area contributed by atoms with Gasteiger partial charge in [0, 0.05) is 49.9 Å². The van der Waals surface area contributed by atoms with Crippen LogP contribution in [0, 0.1) is 10.8 Å². The second-order valence-electron chi connectivity index (χ2n) is 7.12. The lowest BCUT2D eigenvalue weighted by Crippen LogP contribution is -2.68. The van der Waals surface area contributed by atoms with Crippen molar-refractivity contribution in [3.8, 4) is 0 Å². The van der Waals surface area contributed by atoms with E-state index in [1.54, 1.807) is 6.08 Å². The van der Waals surface area contributed by atoms with Gasteiger partial charge >= 0.3 is 6.09 Å². The topological polar surface area (TPSA) is 68.7 Å². The van der Waals surface area contributed by atoms with Crippen molar-refractivity contribution in [2.45, 2.75) is 44.7 Å². The molecule has 3 aliphatic rings. The lowest BCUT2D eigenvalue weighted by Gasteiger charge is -2.61. The Morgan fingerprint density at radius 3 is 2.65 bits per heavy atom. The normalized spacial score (nSPS) is 25.2. The number of carbonyl (C=O) groups excluding carboxylic acids is 1. The average molecular weight is 320 g/mol. The number of hydrogen-bond acceptors (Lipinski definition) is 5. The number of amides is 1. The first-order valence-corrected chi connectivity index (χ1v) is 8.73. The first kappa shape index (κ1) is 16.3. The monoisotopic (exact) mass is 320 g/mol. The molecule has 23 heavy (non-hydrogen) atoms. The molecule has 2 heterocycles. The van der Waals surface area contributed by atoms with E-state index in [1.165, 1.54) is 31.9 Å². The highest BCUT2D eigenvalue weighted by Gasteiger charge is 2.55. The molecule has 1 saturated carbocycles. The van der Waals surface area contributed by atoms with E-state index in [2.05, 4.69) is 10.2 Å². The summed E-state index contributed by atoms with van der Waals surface area (Å²) >= 11 is 0. The van der Waals surface area contributed by atoms with Crippen LogP contribution in [0.15, 0.2) is 12.3 Å². The standard InChI is InChI=1S/C17H28N4O2/c1-2-23-16(22)21-12-17(13-21)10-15(11-17)20-8-4-14(5-9-20)19-7-3-6-18/h3,6-7,14-15,18-19H,2,4-5,8-13H2,1H3/b7-3-,18-6?. The summed E-state index contributed by atoms with van der Waals surface area (Å²) in [5, 5.41) is 10.3. The maximum Gasteiger partial charge on any atom is 0.409 e. The molecule has 0 aromatic heterocycles. The summed E-state index contributed by atoms with van der Waals surface area (Å²) in [5.41, 5.74) is 0.388. The van der Waals surface area contributed by atoms with Gasteiger partial charge in [0.05, 0.1) is 6.61 Å². The number of rotatable bonds is 5. The number of nitrogens with one attached hydrogen (secondary N) is 2. The first-order valence-electron chi connectivity index (χ1n) is 8.73. The molecule has 0 bridgehead atoms. The smallest absolute Gasteiger partial charge is 0.409 e. The van der Waals surface area contributed by atoms with Crippen molar-refractivity contribution in [2.24, 2.45) is 5.41 Å². The summed E-state index contributed by atoms with van der Waals surface area (Å²) < 4.78 is 5.05. The summed E-state index contributed by atoms with van der Waals surface area (Å²) in [4.78, 5) is 16.1. The average Bonchev–Trinajstić information content (AvgIpc) is 2.46. The Morgan fingerprint density at radius 1 is 1.35 bits per heavy atom. The lowest BCUT2D eigenvalue weighted by molar-refractivity contribution is -0.103. The Hall–Kier alpha value is -1.56. The van der Waals surface area contributed by atoms with Crippen LogP contribution in [-0.2, 0) is 4.74 Å². The molecule has 2 aliphatic heterocycles. The van der Waals surface area contributed by atoms with Gasteiger partial charge in [-0.25, -0.2) is 4.79 Å². The molecule has 2 N–H and O–H groups in total. The summed E-state index contributed by atoms with van der Waals surface area (Å²) in [6.45, 7) is 6.38. The minimum absolute atomic E-state index is 0.147. The quantitative estimate of drug-likeness (QED) is 0.758. The Bertz CT molecular complexity index is 457. The zero-order chi connectivity index (χ0) is 16.3. The SMILES string of the molecule is CCOC(=O)N1CC2(CC(N3CCC(N/C=C\C=N)CC3)C2)C1.